The maximum atomic E-state index is 13.9. The molecule has 0 atom stereocenters. The van der Waals surface area contributed by atoms with Crippen molar-refractivity contribution in [3.63, 3.8) is 0 Å². The van der Waals surface area contributed by atoms with Crippen molar-refractivity contribution in [3.8, 4) is 0 Å². The molecule has 3 N–H and O–H groups in total. The molecule has 4 aromatic rings. The Morgan fingerprint density at radius 2 is 1.56 bits per heavy atom. The zero-order valence-corrected chi connectivity index (χ0v) is 18.7. The van der Waals surface area contributed by atoms with Crippen LogP contribution in [0.1, 0.15) is 26.4 Å². The van der Waals surface area contributed by atoms with Gasteiger partial charge >= 0.3 is 0 Å². The smallest absolute Gasteiger partial charge is 0.277 e. The van der Waals surface area contributed by atoms with Crippen molar-refractivity contribution >= 4 is 38.4 Å². The number of benzene rings is 3. The average Bonchev–Trinajstić information content (AvgIpc) is 2.83. The first-order chi connectivity index (χ1) is 16.2. The number of para-hydroxylation sites is 2. The molecule has 0 fully saturated rings. The van der Waals surface area contributed by atoms with Crippen molar-refractivity contribution in [2.75, 3.05) is 4.72 Å². The van der Waals surface area contributed by atoms with Gasteiger partial charge in [-0.25, -0.2) is 17.8 Å². The second-order valence-electron chi connectivity index (χ2n) is 7.36. The molecule has 2 amide bonds. The van der Waals surface area contributed by atoms with E-state index in [-0.39, 0.29) is 21.8 Å². The van der Waals surface area contributed by atoms with E-state index < -0.39 is 27.7 Å². The van der Waals surface area contributed by atoms with Gasteiger partial charge in [-0.2, -0.15) is 0 Å². The van der Waals surface area contributed by atoms with Crippen LogP contribution in [0.15, 0.2) is 83.8 Å². The van der Waals surface area contributed by atoms with Crippen LogP contribution in [-0.4, -0.2) is 25.2 Å². The SMILES string of the molecule is Cc1ccc(S(=O)(=O)Nc2ccccc2F)cc1C(=O)NNC(=O)c1ccc2ccccc2n1. The second kappa shape index (κ2) is 9.28. The fourth-order valence-electron chi connectivity index (χ4n) is 3.20. The lowest BCUT2D eigenvalue weighted by Gasteiger charge is -2.12. The molecular formula is C24H19FN4O4S. The van der Waals surface area contributed by atoms with E-state index >= 15 is 0 Å². The number of pyridine rings is 1. The lowest BCUT2D eigenvalue weighted by Crippen LogP contribution is -2.42. The molecule has 0 radical (unpaired) electrons. The quantitative estimate of drug-likeness (QED) is 0.379. The molecule has 0 saturated carbocycles. The molecule has 1 heterocycles. The average molecular weight is 479 g/mol. The summed E-state index contributed by atoms with van der Waals surface area (Å²) in [6, 6.07) is 19.7. The highest BCUT2D eigenvalue weighted by molar-refractivity contribution is 7.92. The third kappa shape index (κ3) is 4.86. The number of hydrogen-bond acceptors (Lipinski definition) is 5. The minimum Gasteiger partial charge on any atom is -0.277 e. The van der Waals surface area contributed by atoms with Gasteiger partial charge < -0.3 is 0 Å². The molecule has 34 heavy (non-hydrogen) atoms. The van der Waals surface area contributed by atoms with E-state index in [9.17, 15) is 22.4 Å². The normalized spacial score (nSPS) is 11.1. The molecule has 8 nitrogen and oxygen atoms in total. The number of carbonyl (C=O) groups excluding carboxylic acids is 2. The van der Waals surface area contributed by atoms with Crippen LogP contribution < -0.4 is 15.6 Å². The van der Waals surface area contributed by atoms with Crippen LogP contribution in [0.5, 0.6) is 0 Å². The number of rotatable bonds is 5. The summed E-state index contributed by atoms with van der Waals surface area (Å²) in [5.41, 5.74) is 5.54. The molecule has 3 aromatic carbocycles. The Morgan fingerprint density at radius 3 is 2.35 bits per heavy atom. The number of hydrogen-bond donors (Lipinski definition) is 3. The van der Waals surface area contributed by atoms with Crippen LogP contribution in [-0.2, 0) is 10.0 Å². The number of fused-ring (bicyclic) bond motifs is 1. The first-order valence-electron chi connectivity index (χ1n) is 10.1. The van der Waals surface area contributed by atoms with Gasteiger partial charge in [-0.3, -0.25) is 25.2 Å². The number of sulfonamides is 1. The monoisotopic (exact) mass is 478 g/mol. The number of amides is 2. The van der Waals surface area contributed by atoms with Crippen molar-refractivity contribution in [1.82, 2.24) is 15.8 Å². The zero-order valence-electron chi connectivity index (χ0n) is 17.9. The predicted octanol–water partition coefficient (Wildman–Crippen LogP) is 3.56. The molecular weight excluding hydrogens is 459 g/mol. The highest BCUT2D eigenvalue weighted by Gasteiger charge is 2.20. The van der Waals surface area contributed by atoms with E-state index in [1.54, 1.807) is 25.1 Å². The Balaban J connectivity index is 1.50. The van der Waals surface area contributed by atoms with Crippen molar-refractivity contribution in [1.29, 1.82) is 0 Å². The molecule has 0 spiro atoms. The van der Waals surface area contributed by atoms with Crippen molar-refractivity contribution in [2.45, 2.75) is 11.8 Å². The summed E-state index contributed by atoms with van der Waals surface area (Å²) < 4.78 is 41.5. The van der Waals surface area contributed by atoms with Gasteiger partial charge in [0, 0.05) is 10.9 Å². The van der Waals surface area contributed by atoms with E-state index in [2.05, 4.69) is 20.6 Å². The van der Waals surface area contributed by atoms with Gasteiger partial charge in [0.2, 0.25) is 0 Å². The number of aryl methyl sites for hydroxylation is 1. The van der Waals surface area contributed by atoms with Crippen LogP contribution in [0, 0.1) is 12.7 Å². The van der Waals surface area contributed by atoms with E-state index in [1.807, 2.05) is 12.1 Å². The van der Waals surface area contributed by atoms with Crippen molar-refractivity contribution in [3.05, 3.63) is 102 Å². The lowest BCUT2D eigenvalue weighted by molar-refractivity contribution is 0.0843. The molecule has 0 saturated heterocycles. The molecule has 0 aliphatic rings. The van der Waals surface area contributed by atoms with E-state index in [4.69, 9.17) is 0 Å². The highest BCUT2D eigenvalue weighted by atomic mass is 32.2. The van der Waals surface area contributed by atoms with Crippen LogP contribution in [0.4, 0.5) is 10.1 Å². The number of aromatic nitrogens is 1. The Morgan fingerprint density at radius 1 is 0.853 bits per heavy atom. The Bertz CT molecular complexity index is 1520. The van der Waals surface area contributed by atoms with Crippen molar-refractivity contribution < 1.29 is 22.4 Å². The highest BCUT2D eigenvalue weighted by Crippen LogP contribution is 2.21. The van der Waals surface area contributed by atoms with Crippen LogP contribution in [0.2, 0.25) is 0 Å². The van der Waals surface area contributed by atoms with Crippen molar-refractivity contribution in [2.24, 2.45) is 0 Å². The van der Waals surface area contributed by atoms with Crippen LogP contribution in [0.25, 0.3) is 10.9 Å². The first kappa shape index (κ1) is 22.9. The molecule has 4 rings (SSSR count). The third-order valence-corrected chi connectivity index (χ3v) is 6.37. The maximum absolute atomic E-state index is 13.9. The maximum Gasteiger partial charge on any atom is 0.288 e. The Hall–Kier alpha value is -4.31. The Kier molecular flexibility index (Phi) is 6.24. The summed E-state index contributed by atoms with van der Waals surface area (Å²) in [4.78, 5) is 29.1. The standard InChI is InChI=1S/C24H19FN4O4S/c1-15-10-12-17(34(32,33)29-21-9-5-3-7-19(21)25)14-18(15)23(30)27-28-24(31)22-13-11-16-6-2-4-8-20(16)26-22/h2-14,29H,1H3,(H,27,30)(H,28,31). The summed E-state index contributed by atoms with van der Waals surface area (Å²) in [5.74, 6) is -2.10. The van der Waals surface area contributed by atoms with E-state index in [0.29, 0.717) is 11.1 Å². The van der Waals surface area contributed by atoms with Gasteiger partial charge in [0.25, 0.3) is 21.8 Å². The van der Waals surface area contributed by atoms with Gasteiger partial charge in [-0.15, -0.1) is 0 Å². The van der Waals surface area contributed by atoms with Gasteiger partial charge in [-0.05, 0) is 48.9 Å². The number of nitrogens with zero attached hydrogens (tertiary/aromatic N) is 1. The lowest BCUT2D eigenvalue weighted by atomic mass is 10.1. The fourth-order valence-corrected chi connectivity index (χ4v) is 4.29. The number of anilines is 1. The Labute approximate surface area is 194 Å². The third-order valence-electron chi connectivity index (χ3n) is 5.00. The van der Waals surface area contributed by atoms with E-state index in [0.717, 1.165) is 17.5 Å². The summed E-state index contributed by atoms with van der Waals surface area (Å²) in [6.07, 6.45) is 0. The second-order valence-corrected chi connectivity index (χ2v) is 9.04. The van der Waals surface area contributed by atoms with E-state index in [1.165, 1.54) is 36.4 Å². The fraction of sp³-hybridized carbons (Fsp3) is 0.0417. The van der Waals surface area contributed by atoms with Crippen LogP contribution >= 0.6 is 0 Å². The topological polar surface area (TPSA) is 117 Å². The molecule has 172 valence electrons. The molecule has 0 bridgehead atoms. The number of carbonyl (C=O) groups is 2. The largest absolute Gasteiger partial charge is 0.288 e. The molecule has 0 aliphatic heterocycles. The van der Waals surface area contributed by atoms with Gasteiger partial charge in [0.15, 0.2) is 0 Å². The summed E-state index contributed by atoms with van der Waals surface area (Å²) in [6.45, 7) is 1.61. The molecule has 10 heteroatoms. The number of hydrazine groups is 1. The number of halogens is 1. The summed E-state index contributed by atoms with van der Waals surface area (Å²) >= 11 is 0. The molecule has 0 aliphatic carbocycles. The first-order valence-corrected chi connectivity index (χ1v) is 11.6. The van der Waals surface area contributed by atoms with Gasteiger partial charge in [-0.1, -0.05) is 42.5 Å². The number of nitrogens with one attached hydrogen (secondary N) is 3. The minimum atomic E-state index is -4.17. The molecule has 0 unspecified atom stereocenters. The summed E-state index contributed by atoms with van der Waals surface area (Å²) in [5, 5.41) is 0.862. The zero-order chi connectivity index (χ0) is 24.3. The summed E-state index contributed by atoms with van der Waals surface area (Å²) in [7, 11) is -4.17. The molecule has 1 aromatic heterocycles. The minimum absolute atomic E-state index is 0.0168. The predicted molar refractivity (Wildman–Crippen MR) is 125 cm³/mol. The van der Waals surface area contributed by atoms with Gasteiger partial charge in [0.1, 0.15) is 11.5 Å². The van der Waals surface area contributed by atoms with Crippen LogP contribution in [0.3, 0.4) is 0 Å². The van der Waals surface area contributed by atoms with Gasteiger partial charge in [0.05, 0.1) is 16.1 Å².